The molecular formula is C16H14N2O3S. The SMILES string of the molecule is COC(=O)c1cccc(C(=O)Nc2sc(C)c(C)c2C#N)c1. The van der Waals surface area contributed by atoms with Crippen molar-refractivity contribution < 1.29 is 14.3 Å². The van der Waals surface area contributed by atoms with Gasteiger partial charge in [-0.05, 0) is 37.6 Å². The number of nitrogens with zero attached hydrogens (tertiary/aromatic N) is 1. The van der Waals surface area contributed by atoms with Gasteiger partial charge >= 0.3 is 5.97 Å². The number of aryl methyl sites for hydroxylation is 1. The van der Waals surface area contributed by atoms with E-state index in [0.29, 0.717) is 21.7 Å². The summed E-state index contributed by atoms with van der Waals surface area (Å²) in [5.74, 6) is -0.876. The van der Waals surface area contributed by atoms with Gasteiger partial charge < -0.3 is 10.1 Å². The largest absolute Gasteiger partial charge is 0.465 e. The minimum atomic E-state index is -0.504. The van der Waals surface area contributed by atoms with Crippen molar-refractivity contribution in [3.05, 3.63) is 51.4 Å². The number of esters is 1. The first-order valence-electron chi connectivity index (χ1n) is 6.47. The summed E-state index contributed by atoms with van der Waals surface area (Å²) in [4.78, 5) is 24.8. The van der Waals surface area contributed by atoms with Gasteiger partial charge in [0, 0.05) is 10.4 Å². The summed E-state index contributed by atoms with van der Waals surface area (Å²) >= 11 is 1.36. The predicted molar refractivity (Wildman–Crippen MR) is 84.2 cm³/mol. The van der Waals surface area contributed by atoms with Crippen LogP contribution in [0.15, 0.2) is 24.3 Å². The second kappa shape index (κ2) is 6.41. The highest BCUT2D eigenvalue weighted by Crippen LogP contribution is 2.31. The molecule has 1 aromatic carbocycles. The van der Waals surface area contributed by atoms with Crippen molar-refractivity contribution in [2.24, 2.45) is 0 Å². The number of benzene rings is 1. The van der Waals surface area contributed by atoms with E-state index in [-0.39, 0.29) is 5.91 Å². The van der Waals surface area contributed by atoms with Crippen LogP contribution in [0.3, 0.4) is 0 Å². The van der Waals surface area contributed by atoms with E-state index < -0.39 is 5.97 Å². The normalized spacial score (nSPS) is 9.91. The Morgan fingerprint density at radius 3 is 2.59 bits per heavy atom. The van der Waals surface area contributed by atoms with Gasteiger partial charge in [0.15, 0.2) is 0 Å². The van der Waals surface area contributed by atoms with E-state index in [2.05, 4.69) is 16.1 Å². The molecule has 112 valence electrons. The lowest BCUT2D eigenvalue weighted by molar-refractivity contribution is 0.0600. The maximum absolute atomic E-state index is 12.3. The molecule has 1 N–H and O–H groups in total. The zero-order chi connectivity index (χ0) is 16.3. The molecule has 0 aliphatic rings. The zero-order valence-electron chi connectivity index (χ0n) is 12.4. The van der Waals surface area contributed by atoms with Crippen molar-refractivity contribution in [2.45, 2.75) is 13.8 Å². The number of ether oxygens (including phenoxy) is 1. The quantitative estimate of drug-likeness (QED) is 0.882. The van der Waals surface area contributed by atoms with Crippen LogP contribution < -0.4 is 5.32 Å². The number of amides is 1. The van der Waals surface area contributed by atoms with Crippen LogP contribution in [0.5, 0.6) is 0 Å². The van der Waals surface area contributed by atoms with Crippen LogP contribution in [0.1, 0.15) is 36.7 Å². The first-order valence-corrected chi connectivity index (χ1v) is 7.29. The lowest BCUT2D eigenvalue weighted by Crippen LogP contribution is -2.13. The number of methoxy groups -OCH3 is 1. The number of hydrogen-bond donors (Lipinski definition) is 1. The van der Waals surface area contributed by atoms with Crippen molar-refractivity contribution in [3.8, 4) is 6.07 Å². The Bertz CT molecular complexity index is 787. The van der Waals surface area contributed by atoms with Gasteiger partial charge in [0.05, 0.1) is 18.2 Å². The molecule has 0 atom stereocenters. The molecule has 1 amide bonds. The minimum absolute atomic E-state index is 0.300. The summed E-state index contributed by atoms with van der Waals surface area (Å²) < 4.78 is 4.63. The van der Waals surface area contributed by atoms with Crippen molar-refractivity contribution in [1.82, 2.24) is 0 Å². The fourth-order valence-electron chi connectivity index (χ4n) is 1.93. The smallest absolute Gasteiger partial charge is 0.337 e. The van der Waals surface area contributed by atoms with E-state index in [1.54, 1.807) is 18.2 Å². The summed E-state index contributed by atoms with van der Waals surface area (Å²) in [6.45, 7) is 3.74. The van der Waals surface area contributed by atoms with E-state index in [0.717, 1.165) is 10.4 Å². The van der Waals surface area contributed by atoms with Crippen LogP contribution in [0, 0.1) is 25.2 Å². The zero-order valence-corrected chi connectivity index (χ0v) is 13.2. The monoisotopic (exact) mass is 314 g/mol. The molecule has 0 bridgehead atoms. The summed E-state index contributed by atoms with van der Waals surface area (Å²) in [5, 5.41) is 12.4. The summed E-state index contributed by atoms with van der Waals surface area (Å²) in [6, 6.07) is 8.34. The Hall–Kier alpha value is -2.65. The summed E-state index contributed by atoms with van der Waals surface area (Å²) in [7, 11) is 1.28. The second-order valence-electron chi connectivity index (χ2n) is 4.63. The second-order valence-corrected chi connectivity index (χ2v) is 5.85. The topological polar surface area (TPSA) is 79.2 Å². The van der Waals surface area contributed by atoms with Gasteiger partial charge in [-0.3, -0.25) is 4.79 Å². The van der Waals surface area contributed by atoms with E-state index in [1.165, 1.54) is 24.5 Å². The Morgan fingerprint density at radius 2 is 1.95 bits per heavy atom. The van der Waals surface area contributed by atoms with Crippen LogP contribution in [-0.2, 0) is 4.74 Å². The van der Waals surface area contributed by atoms with Gasteiger partial charge in [-0.2, -0.15) is 5.26 Å². The van der Waals surface area contributed by atoms with E-state index in [4.69, 9.17) is 0 Å². The summed E-state index contributed by atoms with van der Waals surface area (Å²) in [6.07, 6.45) is 0. The van der Waals surface area contributed by atoms with Crippen molar-refractivity contribution in [1.29, 1.82) is 5.26 Å². The van der Waals surface area contributed by atoms with Gasteiger partial charge in [-0.15, -0.1) is 11.3 Å². The number of thiophene rings is 1. The maximum atomic E-state index is 12.3. The van der Waals surface area contributed by atoms with Gasteiger partial charge in [-0.25, -0.2) is 4.79 Å². The highest BCUT2D eigenvalue weighted by Gasteiger charge is 2.16. The van der Waals surface area contributed by atoms with Gasteiger partial charge in [0.2, 0.25) is 0 Å². The molecule has 0 unspecified atom stereocenters. The first-order chi connectivity index (χ1) is 10.5. The number of hydrogen-bond acceptors (Lipinski definition) is 5. The third kappa shape index (κ3) is 3.00. The van der Waals surface area contributed by atoms with Crippen molar-refractivity contribution in [3.63, 3.8) is 0 Å². The number of anilines is 1. The number of carbonyl (C=O) groups is 2. The molecule has 0 fully saturated rings. The minimum Gasteiger partial charge on any atom is -0.465 e. The molecule has 0 saturated carbocycles. The van der Waals surface area contributed by atoms with Crippen molar-refractivity contribution in [2.75, 3.05) is 12.4 Å². The third-order valence-electron chi connectivity index (χ3n) is 3.27. The Balaban J connectivity index is 2.29. The van der Waals surface area contributed by atoms with E-state index in [9.17, 15) is 14.9 Å². The number of carbonyl (C=O) groups excluding carboxylic acids is 2. The molecule has 1 aromatic heterocycles. The molecule has 2 aromatic rings. The molecular weight excluding hydrogens is 300 g/mol. The first kappa shape index (κ1) is 15.7. The average molecular weight is 314 g/mol. The fraction of sp³-hybridized carbons (Fsp3) is 0.188. The van der Waals surface area contributed by atoms with Crippen LogP contribution in [0.4, 0.5) is 5.00 Å². The average Bonchev–Trinajstić information content (AvgIpc) is 2.80. The van der Waals surface area contributed by atoms with Crippen molar-refractivity contribution >= 4 is 28.2 Å². The molecule has 0 aliphatic heterocycles. The molecule has 2 rings (SSSR count). The van der Waals surface area contributed by atoms with Crippen LogP contribution >= 0.6 is 11.3 Å². The Kier molecular flexibility index (Phi) is 4.59. The molecule has 5 nitrogen and oxygen atoms in total. The van der Waals surface area contributed by atoms with Gasteiger partial charge in [0.1, 0.15) is 11.1 Å². The lowest BCUT2D eigenvalue weighted by Gasteiger charge is -2.05. The highest BCUT2D eigenvalue weighted by molar-refractivity contribution is 7.16. The Morgan fingerprint density at radius 1 is 1.27 bits per heavy atom. The number of nitrogens with one attached hydrogen (secondary N) is 1. The molecule has 1 heterocycles. The van der Waals surface area contributed by atoms with Gasteiger partial charge in [-0.1, -0.05) is 6.07 Å². The fourth-order valence-corrected chi connectivity index (χ4v) is 2.94. The van der Waals surface area contributed by atoms with E-state index >= 15 is 0 Å². The molecule has 0 radical (unpaired) electrons. The maximum Gasteiger partial charge on any atom is 0.337 e. The predicted octanol–water partition coefficient (Wildman–Crippen LogP) is 3.28. The Labute approximate surface area is 132 Å². The number of nitriles is 1. The standard InChI is InChI=1S/C16H14N2O3S/c1-9-10(2)22-15(13(9)8-17)18-14(19)11-5-4-6-12(7-11)16(20)21-3/h4-7H,1-3H3,(H,18,19). The van der Waals surface area contributed by atoms with Gasteiger partial charge in [0.25, 0.3) is 5.91 Å². The third-order valence-corrected chi connectivity index (χ3v) is 4.39. The molecule has 0 aliphatic carbocycles. The molecule has 0 saturated heterocycles. The van der Waals surface area contributed by atoms with Crippen LogP contribution in [0.25, 0.3) is 0 Å². The molecule has 0 spiro atoms. The molecule has 22 heavy (non-hydrogen) atoms. The lowest BCUT2D eigenvalue weighted by atomic mass is 10.1. The van der Waals surface area contributed by atoms with E-state index in [1.807, 2.05) is 13.8 Å². The van der Waals surface area contributed by atoms with Crippen LogP contribution in [-0.4, -0.2) is 19.0 Å². The highest BCUT2D eigenvalue weighted by atomic mass is 32.1. The van der Waals surface area contributed by atoms with Crippen LogP contribution in [0.2, 0.25) is 0 Å². The number of rotatable bonds is 3. The summed E-state index contributed by atoms with van der Waals surface area (Å²) in [5.41, 5.74) is 1.97. The molecule has 6 heteroatoms.